The van der Waals surface area contributed by atoms with Gasteiger partial charge in [-0.05, 0) is 37.4 Å². The van der Waals surface area contributed by atoms with Crippen LogP contribution in [0.4, 0.5) is 0 Å². The van der Waals surface area contributed by atoms with Crippen molar-refractivity contribution in [3.8, 4) is 0 Å². The van der Waals surface area contributed by atoms with Crippen LogP contribution in [0.3, 0.4) is 0 Å². The summed E-state index contributed by atoms with van der Waals surface area (Å²) in [6, 6.07) is 8.31. The van der Waals surface area contributed by atoms with Crippen LogP contribution >= 0.6 is 0 Å². The van der Waals surface area contributed by atoms with Crippen molar-refractivity contribution in [2.75, 3.05) is 14.1 Å². The molecule has 0 amide bonds. The molecule has 2 heterocycles. The average molecular weight is 213 g/mol. The van der Waals surface area contributed by atoms with E-state index in [1.807, 2.05) is 24.5 Å². The summed E-state index contributed by atoms with van der Waals surface area (Å²) >= 11 is 0. The van der Waals surface area contributed by atoms with Crippen LogP contribution < -0.4 is 0 Å². The van der Waals surface area contributed by atoms with Crippen molar-refractivity contribution in [1.29, 1.82) is 0 Å². The van der Waals surface area contributed by atoms with E-state index >= 15 is 0 Å². The highest BCUT2D eigenvalue weighted by Gasteiger charge is 2.16. The molecule has 0 N–H and O–H groups in total. The van der Waals surface area contributed by atoms with Crippen molar-refractivity contribution in [3.05, 3.63) is 60.2 Å². The Morgan fingerprint density at radius 1 is 0.938 bits per heavy atom. The molecule has 0 aliphatic rings. The highest BCUT2D eigenvalue weighted by molar-refractivity contribution is 5.27. The third-order valence-electron chi connectivity index (χ3n) is 2.52. The Morgan fingerprint density at radius 3 is 1.75 bits per heavy atom. The lowest BCUT2D eigenvalue weighted by Crippen LogP contribution is -2.21. The highest BCUT2D eigenvalue weighted by Crippen LogP contribution is 2.24. The number of hydrogen-bond donors (Lipinski definition) is 0. The zero-order valence-corrected chi connectivity index (χ0v) is 9.54. The minimum Gasteiger partial charge on any atom is -0.298 e. The van der Waals surface area contributed by atoms with Crippen molar-refractivity contribution in [2.24, 2.45) is 0 Å². The molecule has 0 saturated carbocycles. The summed E-state index contributed by atoms with van der Waals surface area (Å²) in [6.07, 6.45) is 7.38. The van der Waals surface area contributed by atoms with E-state index in [9.17, 15) is 0 Å². The first kappa shape index (κ1) is 10.8. The van der Waals surface area contributed by atoms with Gasteiger partial charge in [0.2, 0.25) is 0 Å². The SMILES string of the molecule is CN(C)C(c1cccnc1)c1cccnc1. The lowest BCUT2D eigenvalue weighted by Gasteiger charge is -2.24. The Balaban J connectivity index is 2.40. The standard InChI is InChI=1S/C13H15N3/c1-16(2)13(11-5-3-7-14-9-11)12-6-4-8-15-10-12/h3-10,13H,1-2H3. The van der Waals surface area contributed by atoms with Crippen LogP contribution in [0.1, 0.15) is 17.2 Å². The van der Waals surface area contributed by atoms with E-state index in [-0.39, 0.29) is 6.04 Å². The van der Waals surface area contributed by atoms with Gasteiger partial charge in [-0.2, -0.15) is 0 Å². The molecule has 0 atom stereocenters. The van der Waals surface area contributed by atoms with Gasteiger partial charge in [-0.25, -0.2) is 0 Å². The third kappa shape index (κ3) is 2.25. The molecular weight excluding hydrogens is 198 g/mol. The molecule has 3 nitrogen and oxygen atoms in total. The molecule has 0 unspecified atom stereocenters. The maximum Gasteiger partial charge on any atom is 0.0627 e. The van der Waals surface area contributed by atoms with Gasteiger partial charge in [-0.1, -0.05) is 12.1 Å². The van der Waals surface area contributed by atoms with Crippen molar-refractivity contribution >= 4 is 0 Å². The minimum absolute atomic E-state index is 0.211. The minimum atomic E-state index is 0.211. The van der Waals surface area contributed by atoms with E-state index in [2.05, 4.69) is 41.1 Å². The number of aromatic nitrogens is 2. The lowest BCUT2D eigenvalue weighted by molar-refractivity contribution is 0.341. The second-order valence-corrected chi connectivity index (χ2v) is 3.94. The molecule has 2 aromatic rings. The molecule has 0 aromatic carbocycles. The first-order valence-corrected chi connectivity index (χ1v) is 5.25. The quantitative estimate of drug-likeness (QED) is 0.782. The van der Waals surface area contributed by atoms with Gasteiger partial charge in [-0.15, -0.1) is 0 Å². The molecule has 0 aliphatic carbocycles. The maximum absolute atomic E-state index is 4.17. The maximum atomic E-state index is 4.17. The van der Waals surface area contributed by atoms with E-state index < -0.39 is 0 Å². The van der Waals surface area contributed by atoms with Crippen molar-refractivity contribution in [1.82, 2.24) is 14.9 Å². The molecule has 3 heteroatoms. The molecule has 0 radical (unpaired) electrons. The van der Waals surface area contributed by atoms with Crippen molar-refractivity contribution in [3.63, 3.8) is 0 Å². The van der Waals surface area contributed by atoms with Gasteiger partial charge in [0.15, 0.2) is 0 Å². The molecule has 82 valence electrons. The van der Waals surface area contributed by atoms with Crippen LogP contribution in [0.25, 0.3) is 0 Å². The van der Waals surface area contributed by atoms with Crippen molar-refractivity contribution < 1.29 is 0 Å². The summed E-state index contributed by atoms with van der Waals surface area (Å²) in [5.74, 6) is 0. The summed E-state index contributed by atoms with van der Waals surface area (Å²) in [7, 11) is 4.12. The summed E-state index contributed by atoms with van der Waals surface area (Å²) in [5, 5.41) is 0. The Bertz CT molecular complexity index is 386. The van der Waals surface area contributed by atoms with Crippen LogP contribution in [0.15, 0.2) is 49.1 Å². The van der Waals surface area contributed by atoms with E-state index in [1.165, 1.54) is 11.1 Å². The zero-order valence-electron chi connectivity index (χ0n) is 9.54. The lowest BCUT2D eigenvalue weighted by atomic mass is 10.0. The second-order valence-electron chi connectivity index (χ2n) is 3.94. The number of pyridine rings is 2. The van der Waals surface area contributed by atoms with E-state index in [4.69, 9.17) is 0 Å². The number of rotatable bonds is 3. The first-order chi connectivity index (χ1) is 7.79. The molecule has 16 heavy (non-hydrogen) atoms. The van der Waals surface area contributed by atoms with Crippen LogP contribution in [-0.4, -0.2) is 29.0 Å². The molecule has 2 rings (SSSR count). The van der Waals surface area contributed by atoms with E-state index in [1.54, 1.807) is 12.4 Å². The van der Waals surface area contributed by atoms with Crippen LogP contribution in [0.2, 0.25) is 0 Å². The monoisotopic (exact) mass is 213 g/mol. The topological polar surface area (TPSA) is 29.0 Å². The Labute approximate surface area is 95.8 Å². The van der Waals surface area contributed by atoms with E-state index in [0.29, 0.717) is 0 Å². The van der Waals surface area contributed by atoms with Crippen LogP contribution in [0, 0.1) is 0 Å². The Kier molecular flexibility index (Phi) is 3.27. The van der Waals surface area contributed by atoms with Gasteiger partial charge in [-0.3, -0.25) is 14.9 Å². The summed E-state index contributed by atoms with van der Waals surface area (Å²) in [5.41, 5.74) is 2.36. The predicted molar refractivity (Wildman–Crippen MR) is 64.0 cm³/mol. The number of hydrogen-bond acceptors (Lipinski definition) is 3. The van der Waals surface area contributed by atoms with Crippen LogP contribution in [-0.2, 0) is 0 Å². The average Bonchev–Trinajstić information content (AvgIpc) is 2.31. The highest BCUT2D eigenvalue weighted by atomic mass is 15.1. The van der Waals surface area contributed by atoms with Gasteiger partial charge in [0.25, 0.3) is 0 Å². The molecule has 0 fully saturated rings. The molecule has 0 saturated heterocycles. The van der Waals surface area contributed by atoms with Crippen LogP contribution in [0.5, 0.6) is 0 Å². The first-order valence-electron chi connectivity index (χ1n) is 5.25. The molecule has 2 aromatic heterocycles. The Hall–Kier alpha value is -1.74. The molecular formula is C13H15N3. The fourth-order valence-electron chi connectivity index (χ4n) is 1.86. The molecule has 0 bridgehead atoms. The largest absolute Gasteiger partial charge is 0.298 e. The number of nitrogens with zero attached hydrogens (tertiary/aromatic N) is 3. The van der Waals surface area contributed by atoms with E-state index in [0.717, 1.165) is 0 Å². The van der Waals surface area contributed by atoms with Gasteiger partial charge < -0.3 is 0 Å². The molecule has 0 spiro atoms. The van der Waals surface area contributed by atoms with Crippen molar-refractivity contribution in [2.45, 2.75) is 6.04 Å². The van der Waals surface area contributed by atoms with Gasteiger partial charge in [0.05, 0.1) is 6.04 Å². The third-order valence-corrected chi connectivity index (χ3v) is 2.52. The van der Waals surface area contributed by atoms with Gasteiger partial charge >= 0.3 is 0 Å². The summed E-state index contributed by atoms with van der Waals surface area (Å²) in [4.78, 5) is 10.5. The molecule has 0 aliphatic heterocycles. The fourth-order valence-corrected chi connectivity index (χ4v) is 1.86. The smallest absolute Gasteiger partial charge is 0.0627 e. The second kappa shape index (κ2) is 4.86. The predicted octanol–water partition coefficient (Wildman–Crippen LogP) is 2.13. The summed E-state index contributed by atoms with van der Waals surface area (Å²) < 4.78 is 0. The zero-order chi connectivity index (χ0) is 11.4. The van der Waals surface area contributed by atoms with Gasteiger partial charge in [0.1, 0.15) is 0 Å². The summed E-state index contributed by atoms with van der Waals surface area (Å²) in [6.45, 7) is 0. The van der Waals surface area contributed by atoms with Gasteiger partial charge in [0, 0.05) is 24.8 Å². The Morgan fingerprint density at radius 2 is 1.44 bits per heavy atom. The fraction of sp³-hybridized carbons (Fsp3) is 0.231. The normalized spacial score (nSPS) is 11.0.